The van der Waals surface area contributed by atoms with Crippen molar-refractivity contribution in [3.05, 3.63) is 0 Å². The van der Waals surface area contributed by atoms with E-state index in [0.717, 1.165) is 0 Å². The molecule has 0 radical (unpaired) electrons. The highest BCUT2D eigenvalue weighted by Gasteiger charge is 2.03. The number of rotatable bonds is 6. The monoisotopic (exact) mass is 392 g/mol. The van der Waals surface area contributed by atoms with E-state index in [2.05, 4.69) is 27.7 Å². The molecule has 0 aliphatic rings. The van der Waals surface area contributed by atoms with Crippen molar-refractivity contribution in [1.29, 1.82) is 0 Å². The number of carboxylic acid groups (broad SMARTS) is 3. The van der Waals surface area contributed by atoms with Crippen LogP contribution < -0.4 is 0 Å². The molecule has 9 heteroatoms. The third-order valence-corrected chi connectivity index (χ3v) is 2.26. The smallest absolute Gasteiger partial charge is 0.310 e. The Kier molecular flexibility index (Phi) is 21.7. The average Bonchev–Trinajstić information content (AvgIpc) is 2.34. The van der Waals surface area contributed by atoms with E-state index in [9.17, 15) is 28.8 Å². The zero-order valence-corrected chi connectivity index (χ0v) is 17.1. The Morgan fingerprint density at radius 3 is 0.741 bits per heavy atom. The summed E-state index contributed by atoms with van der Waals surface area (Å²) in [4.78, 5) is 58.4. The normalized spacial score (nSPS) is 9.00. The second kappa shape index (κ2) is 18.2. The molecule has 0 aromatic carbocycles. The third-order valence-electron chi connectivity index (χ3n) is 2.26. The first kappa shape index (κ1) is 32.1. The molecule has 0 aromatic heterocycles. The first-order valence-corrected chi connectivity index (χ1v) is 8.08. The van der Waals surface area contributed by atoms with Gasteiger partial charge < -0.3 is 15.3 Å². The molecule has 9 nitrogen and oxygen atoms in total. The Morgan fingerprint density at radius 1 is 0.593 bits per heavy atom. The number of carbonyl (C=O) groups excluding carboxylic acids is 3. The molecule has 3 N–H and O–H groups in total. The fraction of sp³-hybridized carbons (Fsp3) is 0.667. The lowest BCUT2D eigenvalue weighted by atomic mass is 9.94. The van der Waals surface area contributed by atoms with Crippen LogP contribution in [-0.2, 0) is 28.8 Å². The van der Waals surface area contributed by atoms with Gasteiger partial charge in [-0.15, -0.1) is 0 Å². The number of ketones is 3. The van der Waals surface area contributed by atoms with E-state index in [1.807, 2.05) is 0 Å². The van der Waals surface area contributed by atoms with Gasteiger partial charge in [0.1, 0.15) is 36.6 Å². The van der Waals surface area contributed by atoms with Gasteiger partial charge in [-0.3, -0.25) is 28.8 Å². The third kappa shape index (κ3) is 69.7. The second-order valence-electron chi connectivity index (χ2n) is 6.73. The van der Waals surface area contributed by atoms with E-state index in [4.69, 9.17) is 15.3 Å². The van der Waals surface area contributed by atoms with Gasteiger partial charge in [0.05, 0.1) is 0 Å². The highest BCUT2D eigenvalue weighted by atomic mass is 16.4. The number of carboxylic acids is 3. The van der Waals surface area contributed by atoms with Crippen LogP contribution in [0.3, 0.4) is 0 Å². The van der Waals surface area contributed by atoms with Crippen molar-refractivity contribution in [2.24, 2.45) is 5.41 Å². The fourth-order valence-corrected chi connectivity index (χ4v) is 0.639. The molecule has 0 bridgehead atoms. The molecule has 0 rings (SSSR count). The predicted molar refractivity (Wildman–Crippen MR) is 98.5 cm³/mol. The lowest BCUT2D eigenvalue weighted by Gasteiger charge is -2.12. The van der Waals surface area contributed by atoms with Crippen molar-refractivity contribution in [2.45, 2.75) is 74.1 Å². The summed E-state index contributed by atoms with van der Waals surface area (Å²) >= 11 is 0. The maximum absolute atomic E-state index is 9.87. The molecule has 0 atom stereocenters. The lowest BCUT2D eigenvalue weighted by molar-refractivity contribution is -0.141. The van der Waals surface area contributed by atoms with Gasteiger partial charge in [-0.25, -0.2) is 0 Å². The van der Waals surface area contributed by atoms with Crippen LogP contribution in [-0.4, -0.2) is 50.6 Å². The van der Waals surface area contributed by atoms with E-state index in [0.29, 0.717) is 5.41 Å². The van der Waals surface area contributed by atoms with Crippen molar-refractivity contribution in [3.63, 3.8) is 0 Å². The maximum atomic E-state index is 9.87. The average molecular weight is 392 g/mol. The van der Waals surface area contributed by atoms with Crippen LogP contribution in [0, 0.1) is 5.41 Å². The van der Waals surface area contributed by atoms with E-state index in [-0.39, 0.29) is 36.6 Å². The number of carbonyl (C=O) groups is 6. The molecule has 0 aromatic rings. The molecule has 0 heterocycles. The van der Waals surface area contributed by atoms with E-state index < -0.39 is 17.9 Å². The predicted octanol–water partition coefficient (Wildman–Crippen LogP) is 2.59. The topological polar surface area (TPSA) is 163 Å². The SMILES string of the molecule is CC(=O)CC(=O)O.CC(=O)CC(=O)O.CC(=O)CC(=O)O.CCC(C)(C)C. The highest BCUT2D eigenvalue weighted by Crippen LogP contribution is 2.16. The molecule has 0 unspecified atom stereocenters. The zero-order valence-electron chi connectivity index (χ0n) is 17.1. The standard InChI is InChI=1S/C6H14.3C4H6O3/c1-5-6(2,3)4;3*1-3(5)2-4(6)7/h5H2,1-4H3;3*2H2,1H3,(H,6,7). The summed E-state index contributed by atoms with van der Waals surface area (Å²) < 4.78 is 0. The summed E-state index contributed by atoms with van der Waals surface area (Å²) in [5.41, 5.74) is 0.542. The molecule has 27 heavy (non-hydrogen) atoms. The largest absolute Gasteiger partial charge is 0.481 e. The molecule has 0 aliphatic heterocycles. The van der Waals surface area contributed by atoms with Crippen molar-refractivity contribution >= 4 is 35.3 Å². The Labute approximate surface area is 159 Å². The Bertz CT molecular complexity index is 402. The van der Waals surface area contributed by atoms with Crippen LogP contribution in [0.2, 0.25) is 0 Å². The zero-order chi connectivity index (χ0) is 22.8. The lowest BCUT2D eigenvalue weighted by Crippen LogP contribution is -2.00. The molecule has 0 saturated carbocycles. The molecule has 0 amide bonds. The van der Waals surface area contributed by atoms with E-state index in [1.54, 1.807) is 0 Å². The van der Waals surface area contributed by atoms with Gasteiger partial charge in [0.25, 0.3) is 0 Å². The van der Waals surface area contributed by atoms with Crippen molar-refractivity contribution in [3.8, 4) is 0 Å². The molecule has 0 fully saturated rings. The number of aliphatic carboxylic acids is 3. The second-order valence-corrected chi connectivity index (χ2v) is 6.73. The van der Waals surface area contributed by atoms with Gasteiger partial charge in [-0.05, 0) is 26.2 Å². The summed E-state index contributed by atoms with van der Waals surface area (Å²) in [7, 11) is 0. The van der Waals surface area contributed by atoms with Gasteiger partial charge in [-0.2, -0.15) is 0 Å². The molecular formula is C18H32O9. The minimum atomic E-state index is -1.06. The first-order chi connectivity index (χ1) is 11.9. The van der Waals surface area contributed by atoms with E-state index in [1.165, 1.54) is 27.2 Å². The van der Waals surface area contributed by atoms with Gasteiger partial charge in [0, 0.05) is 0 Å². The first-order valence-electron chi connectivity index (χ1n) is 8.08. The molecular weight excluding hydrogens is 360 g/mol. The summed E-state index contributed by atoms with van der Waals surface area (Å²) in [5, 5.41) is 23.6. The Hall–Kier alpha value is -2.58. The van der Waals surface area contributed by atoms with Crippen LogP contribution in [0.5, 0.6) is 0 Å². The summed E-state index contributed by atoms with van der Waals surface area (Å²) in [6.45, 7) is 12.7. The Morgan fingerprint density at radius 2 is 0.741 bits per heavy atom. The van der Waals surface area contributed by atoms with Gasteiger partial charge >= 0.3 is 17.9 Å². The highest BCUT2D eigenvalue weighted by molar-refractivity contribution is 5.93. The van der Waals surface area contributed by atoms with Crippen LogP contribution in [0.15, 0.2) is 0 Å². The van der Waals surface area contributed by atoms with Crippen LogP contribution >= 0.6 is 0 Å². The molecule has 0 spiro atoms. The van der Waals surface area contributed by atoms with Crippen molar-refractivity contribution < 1.29 is 44.1 Å². The van der Waals surface area contributed by atoms with Crippen LogP contribution in [0.4, 0.5) is 0 Å². The minimum absolute atomic E-state index is 0.312. The quantitative estimate of drug-likeness (QED) is 0.576. The Balaban J connectivity index is -0.000000131. The van der Waals surface area contributed by atoms with E-state index >= 15 is 0 Å². The number of Topliss-reactive ketones (excluding diaryl/α,β-unsaturated/α-hetero) is 3. The summed E-state index contributed by atoms with van der Waals surface area (Å²) in [6.07, 6.45) is 0.187. The van der Waals surface area contributed by atoms with Crippen molar-refractivity contribution in [1.82, 2.24) is 0 Å². The van der Waals surface area contributed by atoms with Gasteiger partial charge in [-0.1, -0.05) is 34.1 Å². The molecule has 0 aliphatic carbocycles. The number of hydrogen-bond acceptors (Lipinski definition) is 6. The number of hydrogen-bond donors (Lipinski definition) is 3. The summed E-state index contributed by atoms with van der Waals surface area (Å²) in [6, 6.07) is 0. The summed E-state index contributed by atoms with van der Waals surface area (Å²) in [5.74, 6) is -4.12. The van der Waals surface area contributed by atoms with Crippen LogP contribution in [0.25, 0.3) is 0 Å². The minimum Gasteiger partial charge on any atom is -0.481 e. The maximum Gasteiger partial charge on any atom is 0.310 e. The van der Waals surface area contributed by atoms with Gasteiger partial charge in [0.2, 0.25) is 0 Å². The molecule has 158 valence electrons. The van der Waals surface area contributed by atoms with Gasteiger partial charge in [0.15, 0.2) is 0 Å². The van der Waals surface area contributed by atoms with Crippen molar-refractivity contribution in [2.75, 3.05) is 0 Å². The van der Waals surface area contributed by atoms with Crippen LogP contribution in [0.1, 0.15) is 74.1 Å². The molecule has 0 saturated heterocycles. The fourth-order valence-electron chi connectivity index (χ4n) is 0.639.